The number of aromatic nitrogens is 3. The standard InChI is InChI=1S/C23H31N5O4/c29-11-18(22(31)32-12-15-3-1-2-4-15)27-21(30)17-6-10-28(13-23(17)7-8-23)20-16-5-9-24-19(16)25-14-26-20/h5,9,14-15,17-18,29H,1-4,6-8,10-13H2,(H,27,30)(H,24,25,26)/t17-,18-/m1/s1. The van der Waals surface area contributed by atoms with E-state index in [1.54, 1.807) is 6.33 Å². The maximum atomic E-state index is 13.1. The van der Waals surface area contributed by atoms with Crippen LogP contribution in [0, 0.1) is 17.3 Å². The summed E-state index contributed by atoms with van der Waals surface area (Å²) in [5.41, 5.74) is 0.700. The normalized spacial score (nSPS) is 23.4. The molecule has 0 bridgehead atoms. The minimum Gasteiger partial charge on any atom is -0.464 e. The molecule has 0 radical (unpaired) electrons. The Bertz CT molecular complexity index is 982. The summed E-state index contributed by atoms with van der Waals surface area (Å²) in [6.07, 6.45) is 10.5. The van der Waals surface area contributed by atoms with Crippen molar-refractivity contribution in [3.05, 3.63) is 18.6 Å². The molecule has 1 saturated heterocycles. The van der Waals surface area contributed by atoms with Crippen LogP contribution in [-0.4, -0.2) is 64.3 Å². The number of esters is 1. The van der Waals surface area contributed by atoms with E-state index in [4.69, 9.17) is 4.74 Å². The first-order valence-electron chi connectivity index (χ1n) is 11.7. The number of carbonyl (C=O) groups is 2. The van der Waals surface area contributed by atoms with Crippen molar-refractivity contribution in [1.82, 2.24) is 20.3 Å². The molecule has 1 amide bonds. The van der Waals surface area contributed by atoms with Gasteiger partial charge in [-0.1, -0.05) is 12.8 Å². The van der Waals surface area contributed by atoms with E-state index in [0.717, 1.165) is 49.1 Å². The number of hydrogen-bond donors (Lipinski definition) is 3. The Morgan fingerprint density at radius 3 is 2.84 bits per heavy atom. The third-order valence-corrected chi connectivity index (χ3v) is 7.49. The van der Waals surface area contributed by atoms with Crippen LogP contribution in [0.4, 0.5) is 5.82 Å². The molecular weight excluding hydrogens is 410 g/mol. The molecule has 3 aliphatic rings. The Balaban J connectivity index is 1.21. The fourth-order valence-electron chi connectivity index (χ4n) is 5.46. The van der Waals surface area contributed by atoms with Crippen molar-refractivity contribution in [3.8, 4) is 0 Å². The van der Waals surface area contributed by atoms with Gasteiger partial charge in [-0.2, -0.15) is 0 Å². The number of nitrogens with one attached hydrogen (secondary N) is 2. The molecule has 9 heteroatoms. The Kier molecular flexibility index (Phi) is 5.75. The Hall–Kier alpha value is -2.68. The molecule has 3 fully saturated rings. The van der Waals surface area contributed by atoms with Crippen molar-refractivity contribution in [2.75, 3.05) is 31.2 Å². The summed E-state index contributed by atoms with van der Waals surface area (Å²) in [7, 11) is 0. The number of ether oxygens (including phenoxy) is 1. The quantitative estimate of drug-likeness (QED) is 0.560. The van der Waals surface area contributed by atoms with Crippen molar-refractivity contribution in [2.45, 2.75) is 51.0 Å². The molecule has 0 unspecified atom stereocenters. The van der Waals surface area contributed by atoms with Crippen molar-refractivity contribution < 1.29 is 19.4 Å². The van der Waals surface area contributed by atoms with Crippen LogP contribution >= 0.6 is 0 Å². The largest absolute Gasteiger partial charge is 0.464 e. The number of aliphatic hydroxyl groups is 1. The molecule has 2 saturated carbocycles. The molecule has 2 aliphatic carbocycles. The maximum absolute atomic E-state index is 13.1. The van der Waals surface area contributed by atoms with Gasteiger partial charge in [0.15, 0.2) is 6.04 Å². The van der Waals surface area contributed by atoms with E-state index < -0.39 is 18.6 Å². The van der Waals surface area contributed by atoms with Crippen LogP contribution in [0.25, 0.3) is 11.0 Å². The lowest BCUT2D eigenvalue weighted by Gasteiger charge is -2.39. The van der Waals surface area contributed by atoms with Crippen LogP contribution < -0.4 is 10.2 Å². The molecule has 3 N–H and O–H groups in total. The summed E-state index contributed by atoms with van der Waals surface area (Å²) in [6, 6.07) is 0.977. The zero-order valence-corrected chi connectivity index (χ0v) is 18.3. The number of aromatic amines is 1. The molecule has 0 aromatic carbocycles. The van der Waals surface area contributed by atoms with Crippen LogP contribution in [0.3, 0.4) is 0 Å². The molecular formula is C23H31N5O4. The van der Waals surface area contributed by atoms with E-state index in [1.165, 1.54) is 12.8 Å². The van der Waals surface area contributed by atoms with E-state index in [1.807, 2.05) is 12.3 Å². The Morgan fingerprint density at radius 2 is 2.09 bits per heavy atom. The van der Waals surface area contributed by atoms with Gasteiger partial charge in [0, 0.05) is 25.2 Å². The first-order valence-corrected chi connectivity index (χ1v) is 11.7. The molecule has 2 atom stereocenters. The average molecular weight is 442 g/mol. The number of H-pyrrole nitrogens is 1. The third-order valence-electron chi connectivity index (χ3n) is 7.49. The number of piperidine rings is 1. The first kappa shape index (κ1) is 21.2. The van der Waals surface area contributed by atoms with Gasteiger partial charge in [0.2, 0.25) is 5.91 Å². The van der Waals surface area contributed by atoms with Gasteiger partial charge in [-0.25, -0.2) is 14.8 Å². The summed E-state index contributed by atoms with van der Waals surface area (Å²) < 4.78 is 5.40. The number of aliphatic hydroxyl groups excluding tert-OH is 1. The van der Waals surface area contributed by atoms with E-state index in [-0.39, 0.29) is 17.2 Å². The van der Waals surface area contributed by atoms with E-state index in [9.17, 15) is 14.7 Å². The number of hydrogen-bond acceptors (Lipinski definition) is 7. The SMILES string of the molecule is O=C(N[C@H](CO)C(=O)OCC1CCCC1)[C@H]1CCN(c2ncnc3[nH]ccc23)CC12CC2. The second kappa shape index (κ2) is 8.69. The van der Waals surface area contributed by atoms with Gasteiger partial charge in [0.05, 0.1) is 18.6 Å². The zero-order valence-electron chi connectivity index (χ0n) is 18.3. The Labute approximate surface area is 186 Å². The van der Waals surface area contributed by atoms with Gasteiger partial charge in [0.25, 0.3) is 0 Å². The molecule has 172 valence electrons. The molecule has 32 heavy (non-hydrogen) atoms. The van der Waals surface area contributed by atoms with E-state index in [0.29, 0.717) is 25.5 Å². The number of carbonyl (C=O) groups excluding carboxylic acids is 2. The molecule has 9 nitrogen and oxygen atoms in total. The highest BCUT2D eigenvalue weighted by molar-refractivity contribution is 5.89. The van der Waals surface area contributed by atoms with Crippen molar-refractivity contribution in [2.24, 2.45) is 17.3 Å². The molecule has 2 aromatic rings. The lowest BCUT2D eigenvalue weighted by molar-refractivity contribution is -0.151. The monoisotopic (exact) mass is 441 g/mol. The van der Waals surface area contributed by atoms with Crippen molar-refractivity contribution in [3.63, 3.8) is 0 Å². The zero-order chi connectivity index (χ0) is 22.1. The van der Waals surface area contributed by atoms with Gasteiger partial charge >= 0.3 is 5.97 Å². The van der Waals surface area contributed by atoms with Gasteiger partial charge in [-0.15, -0.1) is 0 Å². The highest BCUT2D eigenvalue weighted by Crippen LogP contribution is 2.56. The number of amides is 1. The minimum atomic E-state index is -1.00. The van der Waals surface area contributed by atoms with Crippen LogP contribution in [0.2, 0.25) is 0 Å². The lowest BCUT2D eigenvalue weighted by atomic mass is 9.81. The molecule has 3 heterocycles. The van der Waals surface area contributed by atoms with Crippen LogP contribution in [0.15, 0.2) is 18.6 Å². The second-order valence-electron chi connectivity index (χ2n) is 9.59. The first-order chi connectivity index (χ1) is 15.6. The van der Waals surface area contributed by atoms with E-state index >= 15 is 0 Å². The van der Waals surface area contributed by atoms with Crippen LogP contribution in [0.1, 0.15) is 44.9 Å². The average Bonchev–Trinajstić information content (AvgIpc) is 3.22. The summed E-state index contributed by atoms with van der Waals surface area (Å²) in [4.78, 5) is 39.7. The number of fused-ring (bicyclic) bond motifs is 1. The summed E-state index contributed by atoms with van der Waals surface area (Å²) >= 11 is 0. The second-order valence-corrected chi connectivity index (χ2v) is 9.59. The highest BCUT2D eigenvalue weighted by atomic mass is 16.5. The number of anilines is 1. The maximum Gasteiger partial charge on any atom is 0.331 e. The third kappa shape index (κ3) is 4.05. The molecule has 2 aromatic heterocycles. The lowest BCUT2D eigenvalue weighted by Crippen LogP contribution is -2.52. The smallest absolute Gasteiger partial charge is 0.331 e. The number of rotatable bonds is 7. The van der Waals surface area contributed by atoms with Gasteiger partial charge in [0.1, 0.15) is 17.8 Å². The van der Waals surface area contributed by atoms with E-state index in [2.05, 4.69) is 25.2 Å². The predicted molar refractivity (Wildman–Crippen MR) is 118 cm³/mol. The van der Waals surface area contributed by atoms with Crippen molar-refractivity contribution >= 4 is 28.7 Å². The fourth-order valence-corrected chi connectivity index (χ4v) is 5.46. The summed E-state index contributed by atoms with van der Waals surface area (Å²) in [5, 5.41) is 13.5. The molecule has 5 rings (SSSR count). The highest BCUT2D eigenvalue weighted by Gasteiger charge is 2.55. The van der Waals surface area contributed by atoms with Crippen LogP contribution in [0.5, 0.6) is 0 Å². The van der Waals surface area contributed by atoms with Crippen molar-refractivity contribution in [1.29, 1.82) is 0 Å². The van der Waals surface area contributed by atoms with Gasteiger partial charge < -0.3 is 25.0 Å². The predicted octanol–water partition coefficient (Wildman–Crippen LogP) is 1.77. The summed E-state index contributed by atoms with van der Waals surface area (Å²) in [6.45, 7) is 1.37. The molecule has 1 spiro atoms. The summed E-state index contributed by atoms with van der Waals surface area (Å²) in [5.74, 6) is 0.421. The minimum absolute atomic E-state index is 0.107. The number of nitrogens with zero attached hydrogens (tertiary/aromatic N) is 3. The Morgan fingerprint density at radius 1 is 1.28 bits per heavy atom. The fraction of sp³-hybridized carbons (Fsp3) is 0.652. The topological polar surface area (TPSA) is 120 Å². The molecule has 1 aliphatic heterocycles. The van der Waals surface area contributed by atoms with Gasteiger partial charge in [-0.3, -0.25) is 4.79 Å². The van der Waals surface area contributed by atoms with Gasteiger partial charge in [-0.05, 0) is 49.5 Å². The van der Waals surface area contributed by atoms with Crippen LogP contribution in [-0.2, 0) is 14.3 Å².